The van der Waals surface area contributed by atoms with Gasteiger partial charge < -0.3 is 10.3 Å². The highest BCUT2D eigenvalue weighted by Gasteiger charge is 2.07. The highest BCUT2D eigenvalue weighted by Crippen LogP contribution is 2.23. The molecule has 1 aliphatic heterocycles. The van der Waals surface area contributed by atoms with E-state index in [1.54, 1.807) is 25.4 Å². The lowest BCUT2D eigenvalue weighted by molar-refractivity contribution is 1.03. The van der Waals surface area contributed by atoms with Crippen molar-refractivity contribution in [2.24, 2.45) is 4.99 Å². The van der Waals surface area contributed by atoms with Gasteiger partial charge in [0.25, 0.3) is 0 Å². The molecule has 0 bridgehead atoms. The Bertz CT molecular complexity index is 444. The molecule has 1 aromatic heterocycles. The minimum atomic E-state index is -0.378. The Morgan fingerprint density at radius 1 is 1.46 bits per heavy atom. The number of nitrogens with zero attached hydrogens (tertiary/aromatic N) is 2. The van der Waals surface area contributed by atoms with Crippen LogP contribution in [-0.2, 0) is 0 Å². The van der Waals surface area contributed by atoms with E-state index < -0.39 is 0 Å². The SMILES string of the molecule is Cc1[nH]c(=O)nc2c1NC=CC=N2. The summed E-state index contributed by atoms with van der Waals surface area (Å²) in [5.74, 6) is 0.422. The topological polar surface area (TPSA) is 70.1 Å². The van der Waals surface area contributed by atoms with Crippen molar-refractivity contribution in [3.8, 4) is 0 Å². The minimum Gasteiger partial charge on any atom is -0.357 e. The molecule has 2 N–H and O–H groups in total. The molecule has 0 radical (unpaired) electrons. The number of H-pyrrole nitrogens is 1. The first-order chi connectivity index (χ1) is 6.27. The van der Waals surface area contributed by atoms with Crippen LogP contribution >= 0.6 is 0 Å². The molecule has 1 aromatic rings. The molecule has 5 nitrogen and oxygen atoms in total. The van der Waals surface area contributed by atoms with E-state index in [9.17, 15) is 4.79 Å². The van der Waals surface area contributed by atoms with Gasteiger partial charge in [-0.3, -0.25) is 0 Å². The average molecular weight is 176 g/mol. The molecule has 0 atom stereocenters. The van der Waals surface area contributed by atoms with E-state index in [1.165, 1.54) is 0 Å². The predicted octanol–water partition coefficient (Wildman–Crippen LogP) is 0.720. The summed E-state index contributed by atoms with van der Waals surface area (Å²) in [4.78, 5) is 21.3. The summed E-state index contributed by atoms with van der Waals surface area (Å²) in [5, 5.41) is 2.98. The Hall–Kier alpha value is -1.91. The van der Waals surface area contributed by atoms with E-state index in [0.717, 1.165) is 11.4 Å². The average Bonchev–Trinajstić information content (AvgIpc) is 2.28. The fourth-order valence-electron chi connectivity index (χ4n) is 1.12. The molecule has 2 rings (SSSR count). The third-order valence-corrected chi connectivity index (χ3v) is 1.71. The molecule has 5 heteroatoms. The van der Waals surface area contributed by atoms with Crippen LogP contribution in [0, 0.1) is 6.92 Å². The van der Waals surface area contributed by atoms with Gasteiger partial charge in [0.2, 0.25) is 0 Å². The van der Waals surface area contributed by atoms with Crippen molar-refractivity contribution in [2.45, 2.75) is 6.92 Å². The Kier molecular flexibility index (Phi) is 1.70. The smallest absolute Gasteiger partial charge is 0.347 e. The molecule has 0 fully saturated rings. The first-order valence-corrected chi connectivity index (χ1v) is 3.84. The van der Waals surface area contributed by atoms with Crippen LogP contribution in [0.15, 0.2) is 22.1 Å². The summed E-state index contributed by atoms with van der Waals surface area (Å²) in [6.07, 6.45) is 5.07. The summed E-state index contributed by atoms with van der Waals surface area (Å²) < 4.78 is 0. The summed E-state index contributed by atoms with van der Waals surface area (Å²) in [5.41, 5.74) is 1.10. The molecule has 13 heavy (non-hydrogen) atoms. The van der Waals surface area contributed by atoms with Gasteiger partial charge in [0, 0.05) is 18.1 Å². The van der Waals surface area contributed by atoms with Crippen molar-refractivity contribution in [1.29, 1.82) is 0 Å². The zero-order valence-electron chi connectivity index (χ0n) is 7.03. The van der Waals surface area contributed by atoms with Crippen molar-refractivity contribution < 1.29 is 0 Å². The Balaban J connectivity index is 2.69. The molecule has 1 aliphatic rings. The highest BCUT2D eigenvalue weighted by molar-refractivity contribution is 5.80. The second kappa shape index (κ2) is 2.85. The van der Waals surface area contributed by atoms with Gasteiger partial charge in [0.1, 0.15) is 5.69 Å². The Labute approximate surface area is 74.2 Å². The molecule has 0 unspecified atom stereocenters. The van der Waals surface area contributed by atoms with E-state index in [1.807, 2.05) is 0 Å². The number of nitrogens with one attached hydrogen (secondary N) is 2. The van der Waals surface area contributed by atoms with E-state index in [2.05, 4.69) is 20.3 Å². The lowest BCUT2D eigenvalue weighted by atomic mass is 10.3. The Morgan fingerprint density at radius 2 is 2.31 bits per heavy atom. The first-order valence-electron chi connectivity index (χ1n) is 3.84. The minimum absolute atomic E-state index is 0.378. The molecule has 0 aliphatic carbocycles. The van der Waals surface area contributed by atoms with Gasteiger partial charge in [-0.2, -0.15) is 4.98 Å². The Morgan fingerprint density at radius 3 is 3.15 bits per heavy atom. The molecule has 66 valence electrons. The van der Waals surface area contributed by atoms with Crippen molar-refractivity contribution in [2.75, 3.05) is 5.32 Å². The van der Waals surface area contributed by atoms with Crippen LogP contribution in [0.25, 0.3) is 0 Å². The number of fused-ring (bicyclic) bond motifs is 1. The molecular weight excluding hydrogens is 168 g/mol. The van der Waals surface area contributed by atoms with E-state index >= 15 is 0 Å². The number of aromatic amines is 1. The van der Waals surface area contributed by atoms with Crippen LogP contribution in [0.5, 0.6) is 0 Å². The highest BCUT2D eigenvalue weighted by atomic mass is 16.1. The van der Waals surface area contributed by atoms with E-state index in [4.69, 9.17) is 0 Å². The normalized spacial score (nSPS) is 13.3. The summed E-state index contributed by atoms with van der Waals surface area (Å²) >= 11 is 0. The standard InChI is InChI=1S/C8H8N4O/c1-5-6-7(12-8(13)11-5)10-4-2-3-9-6/h2-4,9H,1H3,(H,11,12,13). The number of anilines is 1. The fraction of sp³-hybridized carbons (Fsp3) is 0.125. The quantitative estimate of drug-likeness (QED) is 0.611. The molecule has 0 saturated heterocycles. The van der Waals surface area contributed by atoms with Gasteiger partial charge in [-0.1, -0.05) is 0 Å². The number of hydrogen-bond acceptors (Lipinski definition) is 4. The zero-order valence-corrected chi connectivity index (χ0v) is 7.03. The molecule has 0 spiro atoms. The second-order valence-corrected chi connectivity index (χ2v) is 2.65. The lowest BCUT2D eigenvalue weighted by Crippen LogP contribution is -2.12. The third kappa shape index (κ3) is 1.35. The number of rotatable bonds is 0. The van der Waals surface area contributed by atoms with Gasteiger partial charge in [-0.25, -0.2) is 9.79 Å². The molecule has 2 heterocycles. The van der Waals surface area contributed by atoms with Gasteiger partial charge in [0.15, 0.2) is 5.82 Å². The second-order valence-electron chi connectivity index (χ2n) is 2.65. The van der Waals surface area contributed by atoms with Gasteiger partial charge in [0.05, 0.1) is 0 Å². The largest absolute Gasteiger partial charge is 0.357 e. The van der Waals surface area contributed by atoms with Crippen molar-refractivity contribution in [1.82, 2.24) is 9.97 Å². The van der Waals surface area contributed by atoms with Gasteiger partial charge >= 0.3 is 5.69 Å². The number of aromatic nitrogens is 2. The molecule has 0 amide bonds. The van der Waals surface area contributed by atoms with Crippen LogP contribution in [0.4, 0.5) is 11.5 Å². The van der Waals surface area contributed by atoms with Crippen LogP contribution in [0.1, 0.15) is 5.69 Å². The lowest BCUT2D eigenvalue weighted by Gasteiger charge is -2.04. The first kappa shape index (κ1) is 7.72. The zero-order chi connectivity index (χ0) is 9.26. The van der Waals surface area contributed by atoms with Crippen LogP contribution in [0.2, 0.25) is 0 Å². The van der Waals surface area contributed by atoms with Crippen molar-refractivity contribution in [3.05, 3.63) is 28.5 Å². The van der Waals surface area contributed by atoms with E-state index in [0.29, 0.717) is 5.82 Å². The van der Waals surface area contributed by atoms with E-state index in [-0.39, 0.29) is 5.69 Å². The molecule has 0 saturated carbocycles. The number of aliphatic imine (C=N–C) groups is 1. The van der Waals surface area contributed by atoms with Crippen LogP contribution in [-0.4, -0.2) is 16.2 Å². The number of hydrogen-bond donors (Lipinski definition) is 2. The number of allylic oxidation sites excluding steroid dienone is 1. The maximum atomic E-state index is 11.0. The van der Waals surface area contributed by atoms with Crippen LogP contribution in [0.3, 0.4) is 0 Å². The van der Waals surface area contributed by atoms with Gasteiger partial charge in [-0.05, 0) is 13.0 Å². The monoisotopic (exact) mass is 176 g/mol. The third-order valence-electron chi connectivity index (χ3n) is 1.71. The maximum Gasteiger partial charge on any atom is 0.347 e. The summed E-state index contributed by atoms with van der Waals surface area (Å²) in [7, 11) is 0. The van der Waals surface area contributed by atoms with Gasteiger partial charge in [-0.15, -0.1) is 0 Å². The fourth-order valence-corrected chi connectivity index (χ4v) is 1.12. The van der Waals surface area contributed by atoms with Crippen LogP contribution < -0.4 is 11.0 Å². The van der Waals surface area contributed by atoms with Crippen molar-refractivity contribution in [3.63, 3.8) is 0 Å². The number of aryl methyl sites for hydroxylation is 1. The molecular formula is C8H8N4O. The summed E-state index contributed by atoms with van der Waals surface area (Å²) in [6, 6.07) is 0. The molecule has 0 aromatic carbocycles. The van der Waals surface area contributed by atoms with Crippen molar-refractivity contribution >= 4 is 17.7 Å². The summed E-state index contributed by atoms with van der Waals surface area (Å²) in [6.45, 7) is 1.80. The maximum absolute atomic E-state index is 11.0. The predicted molar refractivity (Wildman–Crippen MR) is 50.5 cm³/mol.